The van der Waals surface area contributed by atoms with Crippen LogP contribution in [0.4, 0.5) is 5.13 Å². The summed E-state index contributed by atoms with van der Waals surface area (Å²) < 4.78 is 5.47. The van der Waals surface area contributed by atoms with Gasteiger partial charge in [-0.15, -0.1) is 11.3 Å². The molecule has 1 saturated heterocycles. The zero-order valence-corrected chi connectivity index (χ0v) is 9.57. The summed E-state index contributed by atoms with van der Waals surface area (Å²) in [5.41, 5.74) is 0. The quantitative estimate of drug-likeness (QED) is 0.852. The fourth-order valence-corrected chi connectivity index (χ4v) is 2.54. The Hall–Kier alpha value is -0.320. The average Bonchev–Trinajstić information content (AvgIpc) is 2.51. The lowest BCUT2D eigenvalue weighted by molar-refractivity contribution is 0.0232. The molecule has 2 heterocycles. The highest BCUT2D eigenvalue weighted by atomic mass is 35.5. The maximum absolute atomic E-state index is 5.74. The highest BCUT2D eigenvalue weighted by molar-refractivity contribution is 7.14. The third kappa shape index (κ3) is 2.59. The number of hydrogen-bond donors (Lipinski definition) is 1. The van der Waals surface area contributed by atoms with Crippen LogP contribution in [0.5, 0.6) is 0 Å². The fourth-order valence-electron chi connectivity index (χ4n) is 1.62. The van der Waals surface area contributed by atoms with Crippen LogP contribution in [-0.2, 0) is 4.74 Å². The van der Waals surface area contributed by atoms with Crippen molar-refractivity contribution < 1.29 is 4.74 Å². The first-order valence-corrected chi connectivity index (χ1v) is 5.99. The molecule has 0 bridgehead atoms. The zero-order valence-electron chi connectivity index (χ0n) is 8.00. The molecule has 14 heavy (non-hydrogen) atoms. The summed E-state index contributed by atoms with van der Waals surface area (Å²) >= 11 is 7.29. The predicted molar refractivity (Wildman–Crippen MR) is 59.2 cm³/mol. The van der Waals surface area contributed by atoms with E-state index in [1.54, 1.807) is 11.3 Å². The molecule has 1 aliphatic heterocycles. The second-order valence-corrected chi connectivity index (χ2v) is 4.77. The van der Waals surface area contributed by atoms with Crippen molar-refractivity contribution in [2.24, 2.45) is 0 Å². The lowest BCUT2D eigenvalue weighted by Gasteiger charge is -2.27. The first-order chi connectivity index (χ1) is 6.74. The molecule has 1 aromatic heterocycles. The van der Waals surface area contributed by atoms with E-state index in [9.17, 15) is 0 Å². The maximum Gasteiger partial charge on any atom is 0.184 e. The smallest absolute Gasteiger partial charge is 0.184 e. The van der Waals surface area contributed by atoms with Crippen molar-refractivity contribution in [3.8, 4) is 0 Å². The van der Waals surface area contributed by atoms with Crippen LogP contribution in [0.1, 0.15) is 19.8 Å². The topological polar surface area (TPSA) is 34.2 Å². The maximum atomic E-state index is 5.74. The van der Waals surface area contributed by atoms with Gasteiger partial charge in [0.15, 0.2) is 5.13 Å². The lowest BCUT2D eigenvalue weighted by atomic mass is 10.1. The summed E-state index contributed by atoms with van der Waals surface area (Å²) in [7, 11) is 0. The minimum atomic E-state index is 0.344. The SMILES string of the molecule is CC1CC(Nc2nc(Cl)cs2)CCO1. The van der Waals surface area contributed by atoms with Gasteiger partial charge in [0.1, 0.15) is 5.15 Å². The van der Waals surface area contributed by atoms with E-state index in [-0.39, 0.29) is 0 Å². The molecular formula is C9H13ClN2OS. The van der Waals surface area contributed by atoms with Crippen molar-refractivity contribution in [1.82, 2.24) is 4.98 Å². The molecule has 0 saturated carbocycles. The van der Waals surface area contributed by atoms with Gasteiger partial charge in [0.05, 0.1) is 6.10 Å². The first-order valence-electron chi connectivity index (χ1n) is 4.73. The Morgan fingerprint density at radius 1 is 1.71 bits per heavy atom. The molecule has 78 valence electrons. The molecule has 5 heteroatoms. The minimum absolute atomic E-state index is 0.344. The molecule has 2 rings (SSSR count). The van der Waals surface area contributed by atoms with Gasteiger partial charge < -0.3 is 10.1 Å². The Bertz CT molecular complexity index is 305. The highest BCUT2D eigenvalue weighted by Crippen LogP contribution is 2.23. The van der Waals surface area contributed by atoms with Gasteiger partial charge in [0.2, 0.25) is 0 Å². The number of nitrogens with one attached hydrogen (secondary N) is 1. The second kappa shape index (κ2) is 4.47. The monoisotopic (exact) mass is 232 g/mol. The van der Waals surface area contributed by atoms with Gasteiger partial charge in [-0.2, -0.15) is 0 Å². The number of thiazole rings is 1. The Balaban J connectivity index is 1.90. The van der Waals surface area contributed by atoms with Crippen LogP contribution in [0.2, 0.25) is 5.15 Å². The summed E-state index contributed by atoms with van der Waals surface area (Å²) in [4.78, 5) is 4.16. The average molecular weight is 233 g/mol. The molecule has 1 aromatic rings. The van der Waals surface area contributed by atoms with Crippen molar-refractivity contribution in [2.45, 2.75) is 31.9 Å². The van der Waals surface area contributed by atoms with Gasteiger partial charge >= 0.3 is 0 Å². The zero-order chi connectivity index (χ0) is 9.97. The van der Waals surface area contributed by atoms with Crippen molar-refractivity contribution in [2.75, 3.05) is 11.9 Å². The molecule has 0 aromatic carbocycles. The largest absolute Gasteiger partial charge is 0.378 e. The van der Waals surface area contributed by atoms with E-state index in [1.807, 2.05) is 5.38 Å². The van der Waals surface area contributed by atoms with Crippen molar-refractivity contribution in [3.05, 3.63) is 10.5 Å². The van der Waals surface area contributed by atoms with Crippen LogP contribution in [0, 0.1) is 0 Å². The lowest BCUT2D eigenvalue weighted by Crippen LogP contribution is -2.32. The van der Waals surface area contributed by atoms with Crippen LogP contribution in [0.15, 0.2) is 5.38 Å². The van der Waals surface area contributed by atoms with Gasteiger partial charge in [-0.05, 0) is 19.8 Å². The Kier molecular flexibility index (Phi) is 3.26. The van der Waals surface area contributed by atoms with Gasteiger partial charge in [0, 0.05) is 18.0 Å². The molecule has 0 amide bonds. The van der Waals surface area contributed by atoms with Crippen LogP contribution in [0.3, 0.4) is 0 Å². The highest BCUT2D eigenvalue weighted by Gasteiger charge is 2.19. The van der Waals surface area contributed by atoms with E-state index in [1.165, 1.54) is 0 Å². The molecule has 1 N–H and O–H groups in total. The van der Waals surface area contributed by atoms with E-state index in [0.717, 1.165) is 24.6 Å². The Morgan fingerprint density at radius 2 is 2.57 bits per heavy atom. The standard InChI is InChI=1S/C9H13ClN2OS/c1-6-4-7(2-3-13-6)11-9-12-8(10)5-14-9/h5-7H,2-4H2,1H3,(H,11,12). The normalized spacial score (nSPS) is 27.6. The van der Waals surface area contributed by atoms with E-state index in [2.05, 4.69) is 17.2 Å². The first kappa shape index (κ1) is 10.2. The van der Waals surface area contributed by atoms with E-state index in [0.29, 0.717) is 17.3 Å². The fraction of sp³-hybridized carbons (Fsp3) is 0.667. The van der Waals surface area contributed by atoms with Crippen LogP contribution >= 0.6 is 22.9 Å². The molecular weight excluding hydrogens is 220 g/mol. The molecule has 0 spiro atoms. The van der Waals surface area contributed by atoms with Gasteiger partial charge in [-0.1, -0.05) is 11.6 Å². The summed E-state index contributed by atoms with van der Waals surface area (Å²) in [5, 5.41) is 6.69. The molecule has 1 aliphatic rings. The summed E-state index contributed by atoms with van der Waals surface area (Å²) in [6, 6.07) is 0.473. The van der Waals surface area contributed by atoms with E-state index < -0.39 is 0 Å². The van der Waals surface area contributed by atoms with E-state index in [4.69, 9.17) is 16.3 Å². The molecule has 1 fully saturated rings. The number of halogens is 1. The Morgan fingerprint density at radius 3 is 3.21 bits per heavy atom. The molecule has 0 aliphatic carbocycles. The third-order valence-corrected chi connectivity index (χ3v) is 3.39. The molecule has 3 nitrogen and oxygen atoms in total. The van der Waals surface area contributed by atoms with Gasteiger partial charge in [0.25, 0.3) is 0 Å². The summed E-state index contributed by atoms with van der Waals surface area (Å²) in [6.45, 7) is 2.93. The van der Waals surface area contributed by atoms with Crippen LogP contribution in [-0.4, -0.2) is 23.7 Å². The molecule has 0 radical (unpaired) electrons. The second-order valence-electron chi connectivity index (χ2n) is 3.52. The summed E-state index contributed by atoms with van der Waals surface area (Å²) in [6.07, 6.45) is 2.43. The van der Waals surface area contributed by atoms with Gasteiger partial charge in [-0.25, -0.2) is 4.98 Å². The minimum Gasteiger partial charge on any atom is -0.378 e. The van der Waals surface area contributed by atoms with Crippen molar-refractivity contribution in [3.63, 3.8) is 0 Å². The van der Waals surface area contributed by atoms with Crippen molar-refractivity contribution in [1.29, 1.82) is 0 Å². The number of rotatable bonds is 2. The van der Waals surface area contributed by atoms with Crippen LogP contribution in [0.25, 0.3) is 0 Å². The predicted octanol–water partition coefficient (Wildman–Crippen LogP) is 2.78. The van der Waals surface area contributed by atoms with Crippen molar-refractivity contribution >= 4 is 28.1 Å². The van der Waals surface area contributed by atoms with E-state index >= 15 is 0 Å². The summed E-state index contributed by atoms with van der Waals surface area (Å²) in [5.74, 6) is 0. The molecule has 2 unspecified atom stereocenters. The Labute approximate surface area is 92.4 Å². The number of hydrogen-bond acceptors (Lipinski definition) is 4. The third-order valence-electron chi connectivity index (χ3n) is 2.29. The number of nitrogens with zero attached hydrogens (tertiary/aromatic N) is 1. The van der Waals surface area contributed by atoms with Crippen LogP contribution < -0.4 is 5.32 Å². The van der Waals surface area contributed by atoms with Gasteiger partial charge in [-0.3, -0.25) is 0 Å². The molecule has 2 atom stereocenters. The number of ether oxygens (including phenoxy) is 1. The number of aromatic nitrogens is 1. The number of anilines is 1.